The number of aromatic nitrogens is 2. The topological polar surface area (TPSA) is 29.9 Å². The van der Waals surface area contributed by atoms with Crippen LogP contribution in [0.5, 0.6) is 0 Å². The Balaban J connectivity index is 2.77. The average molecular weight is 300 g/mol. The molecule has 0 aliphatic rings. The molecule has 0 fully saturated rings. The molecule has 0 aliphatic heterocycles. The molecular formula is C16H30ClN3. The van der Waals surface area contributed by atoms with Gasteiger partial charge in [0, 0.05) is 6.54 Å². The van der Waals surface area contributed by atoms with Crippen LogP contribution in [-0.2, 0) is 13.0 Å². The predicted molar refractivity (Wildman–Crippen MR) is 87.5 cm³/mol. The number of hydrogen-bond donors (Lipinski definition) is 1. The summed E-state index contributed by atoms with van der Waals surface area (Å²) in [4.78, 5) is 0. The average Bonchev–Trinajstić information content (AvgIpc) is 2.66. The molecule has 1 unspecified atom stereocenters. The maximum atomic E-state index is 6.43. The van der Waals surface area contributed by atoms with E-state index in [1.54, 1.807) is 0 Å². The molecular weight excluding hydrogens is 270 g/mol. The van der Waals surface area contributed by atoms with Gasteiger partial charge in [0.2, 0.25) is 0 Å². The van der Waals surface area contributed by atoms with Crippen molar-refractivity contribution in [3.8, 4) is 0 Å². The number of nitrogens with one attached hydrogen (secondary N) is 1. The number of hydrogen-bond acceptors (Lipinski definition) is 2. The first-order valence-electron chi connectivity index (χ1n) is 7.91. The minimum absolute atomic E-state index is 0.625. The van der Waals surface area contributed by atoms with E-state index in [1.165, 1.54) is 18.5 Å². The van der Waals surface area contributed by atoms with Gasteiger partial charge in [-0.05, 0) is 58.0 Å². The molecule has 0 radical (unpaired) electrons. The minimum atomic E-state index is 0.625. The van der Waals surface area contributed by atoms with Gasteiger partial charge in [0.15, 0.2) is 0 Å². The zero-order valence-corrected chi connectivity index (χ0v) is 14.4. The number of rotatable bonds is 9. The van der Waals surface area contributed by atoms with Crippen LogP contribution in [0.15, 0.2) is 0 Å². The van der Waals surface area contributed by atoms with Crippen molar-refractivity contribution in [1.29, 1.82) is 0 Å². The van der Waals surface area contributed by atoms with E-state index in [0.29, 0.717) is 11.8 Å². The van der Waals surface area contributed by atoms with Crippen LogP contribution >= 0.6 is 11.6 Å². The van der Waals surface area contributed by atoms with Crippen molar-refractivity contribution in [3.63, 3.8) is 0 Å². The molecule has 0 bridgehead atoms. The molecule has 1 atom stereocenters. The van der Waals surface area contributed by atoms with Crippen LogP contribution in [0.25, 0.3) is 0 Å². The third-order valence-corrected chi connectivity index (χ3v) is 4.09. The van der Waals surface area contributed by atoms with Gasteiger partial charge in [-0.25, -0.2) is 0 Å². The fourth-order valence-corrected chi connectivity index (χ4v) is 2.94. The second kappa shape index (κ2) is 8.68. The largest absolute Gasteiger partial charge is 0.316 e. The maximum absolute atomic E-state index is 6.43. The Kier molecular flexibility index (Phi) is 7.60. The number of halogens is 1. The summed E-state index contributed by atoms with van der Waals surface area (Å²) in [5.41, 5.74) is 2.16. The lowest BCUT2D eigenvalue weighted by atomic mass is 9.92. The molecule has 4 heteroatoms. The first kappa shape index (κ1) is 17.5. The van der Waals surface area contributed by atoms with Crippen molar-refractivity contribution >= 4 is 11.6 Å². The van der Waals surface area contributed by atoms with E-state index in [2.05, 4.69) is 42.8 Å². The Morgan fingerprint density at radius 2 is 2.00 bits per heavy atom. The zero-order valence-electron chi connectivity index (χ0n) is 13.7. The standard InChI is InChI=1S/C16H30ClN3/c1-6-8-18-11-14(9-12(3)4)10-15-16(17)13(5)19-20(15)7-2/h12,14,18H,6-11H2,1-5H3. The van der Waals surface area contributed by atoms with Gasteiger partial charge < -0.3 is 5.32 Å². The highest BCUT2D eigenvalue weighted by Gasteiger charge is 2.18. The van der Waals surface area contributed by atoms with Gasteiger partial charge in [-0.1, -0.05) is 32.4 Å². The molecule has 0 aromatic carbocycles. The highest BCUT2D eigenvalue weighted by Crippen LogP contribution is 2.25. The van der Waals surface area contributed by atoms with Crippen molar-refractivity contribution < 1.29 is 0 Å². The first-order valence-corrected chi connectivity index (χ1v) is 8.29. The van der Waals surface area contributed by atoms with E-state index in [0.717, 1.165) is 36.8 Å². The van der Waals surface area contributed by atoms with Gasteiger partial charge in [-0.2, -0.15) is 5.10 Å². The van der Waals surface area contributed by atoms with Gasteiger partial charge in [0.25, 0.3) is 0 Å². The predicted octanol–water partition coefficient (Wildman–Crippen LogP) is 4.07. The van der Waals surface area contributed by atoms with E-state index >= 15 is 0 Å². The van der Waals surface area contributed by atoms with Gasteiger partial charge >= 0.3 is 0 Å². The molecule has 0 aliphatic carbocycles. The highest BCUT2D eigenvalue weighted by molar-refractivity contribution is 6.31. The minimum Gasteiger partial charge on any atom is -0.316 e. The summed E-state index contributed by atoms with van der Waals surface area (Å²) in [6.07, 6.45) is 3.42. The van der Waals surface area contributed by atoms with Crippen molar-refractivity contribution in [3.05, 3.63) is 16.4 Å². The second-order valence-electron chi connectivity index (χ2n) is 6.07. The van der Waals surface area contributed by atoms with Crippen molar-refractivity contribution in [2.24, 2.45) is 11.8 Å². The molecule has 1 rings (SSSR count). The monoisotopic (exact) mass is 299 g/mol. The van der Waals surface area contributed by atoms with Crippen LogP contribution in [-0.4, -0.2) is 22.9 Å². The van der Waals surface area contributed by atoms with Crippen LogP contribution in [0.2, 0.25) is 5.02 Å². The normalized spacial score (nSPS) is 13.2. The van der Waals surface area contributed by atoms with E-state index in [-0.39, 0.29) is 0 Å². The fourth-order valence-electron chi connectivity index (χ4n) is 2.73. The SMILES string of the molecule is CCCNCC(Cc1c(Cl)c(C)nn1CC)CC(C)C. The summed E-state index contributed by atoms with van der Waals surface area (Å²) < 4.78 is 2.06. The molecule has 0 amide bonds. The van der Waals surface area contributed by atoms with E-state index in [4.69, 9.17) is 11.6 Å². The van der Waals surface area contributed by atoms with Gasteiger partial charge in [0.05, 0.1) is 16.4 Å². The number of aryl methyl sites for hydroxylation is 2. The van der Waals surface area contributed by atoms with Crippen molar-refractivity contribution in [1.82, 2.24) is 15.1 Å². The van der Waals surface area contributed by atoms with Crippen molar-refractivity contribution in [2.75, 3.05) is 13.1 Å². The Labute approximate surface area is 129 Å². The van der Waals surface area contributed by atoms with Crippen LogP contribution < -0.4 is 5.32 Å². The third kappa shape index (κ3) is 5.10. The fraction of sp³-hybridized carbons (Fsp3) is 0.812. The van der Waals surface area contributed by atoms with Crippen LogP contribution in [0.1, 0.15) is 51.9 Å². The maximum Gasteiger partial charge on any atom is 0.0847 e. The quantitative estimate of drug-likeness (QED) is 0.697. The Hall–Kier alpha value is -0.540. The lowest BCUT2D eigenvalue weighted by molar-refractivity contribution is 0.376. The lowest BCUT2D eigenvalue weighted by Crippen LogP contribution is -2.27. The van der Waals surface area contributed by atoms with Crippen LogP contribution in [0, 0.1) is 18.8 Å². The smallest absolute Gasteiger partial charge is 0.0847 e. The van der Waals surface area contributed by atoms with Gasteiger partial charge in [-0.3, -0.25) is 4.68 Å². The summed E-state index contributed by atoms with van der Waals surface area (Å²) in [6.45, 7) is 13.9. The third-order valence-electron chi connectivity index (χ3n) is 3.60. The lowest BCUT2D eigenvalue weighted by Gasteiger charge is -2.20. The van der Waals surface area contributed by atoms with E-state index in [9.17, 15) is 0 Å². The summed E-state index contributed by atoms with van der Waals surface area (Å²) >= 11 is 6.43. The van der Waals surface area contributed by atoms with Gasteiger partial charge in [-0.15, -0.1) is 0 Å². The Bertz CT molecular complexity index is 399. The second-order valence-corrected chi connectivity index (χ2v) is 6.44. The summed E-state index contributed by atoms with van der Waals surface area (Å²) in [5.74, 6) is 1.33. The summed E-state index contributed by atoms with van der Waals surface area (Å²) in [5, 5.41) is 8.93. The number of nitrogens with zero attached hydrogens (tertiary/aromatic N) is 2. The van der Waals surface area contributed by atoms with Gasteiger partial charge in [0.1, 0.15) is 0 Å². The van der Waals surface area contributed by atoms with Crippen LogP contribution in [0.3, 0.4) is 0 Å². The molecule has 116 valence electrons. The first-order chi connectivity index (χ1) is 9.49. The summed E-state index contributed by atoms with van der Waals surface area (Å²) in [7, 11) is 0. The Morgan fingerprint density at radius 3 is 2.55 bits per heavy atom. The molecule has 3 nitrogen and oxygen atoms in total. The highest BCUT2D eigenvalue weighted by atomic mass is 35.5. The molecule has 0 saturated heterocycles. The molecule has 0 saturated carbocycles. The Morgan fingerprint density at radius 1 is 1.30 bits per heavy atom. The molecule has 0 spiro atoms. The molecule has 1 N–H and O–H groups in total. The van der Waals surface area contributed by atoms with E-state index < -0.39 is 0 Å². The molecule has 20 heavy (non-hydrogen) atoms. The summed E-state index contributed by atoms with van der Waals surface area (Å²) in [6, 6.07) is 0. The van der Waals surface area contributed by atoms with Crippen molar-refractivity contribution in [2.45, 2.75) is 60.4 Å². The zero-order chi connectivity index (χ0) is 15.1. The molecule has 1 aromatic rings. The van der Waals surface area contributed by atoms with E-state index in [1.807, 2.05) is 6.92 Å². The molecule has 1 heterocycles. The van der Waals surface area contributed by atoms with Crippen LogP contribution in [0.4, 0.5) is 0 Å². The molecule has 1 aromatic heterocycles.